The number of fused-ring (bicyclic) bond motifs is 1. The maximum atomic E-state index is 5.63. The number of ether oxygens (including phenoxy) is 2. The maximum absolute atomic E-state index is 5.63. The van der Waals surface area contributed by atoms with Crippen molar-refractivity contribution in [1.29, 1.82) is 0 Å². The minimum absolute atomic E-state index is 0.395. The average Bonchev–Trinajstić information content (AvgIpc) is 2.17. The number of hydrogen-bond donors (Lipinski definition) is 0. The summed E-state index contributed by atoms with van der Waals surface area (Å²) >= 11 is 3.56. The van der Waals surface area contributed by atoms with Gasteiger partial charge in [-0.1, -0.05) is 15.9 Å². The summed E-state index contributed by atoms with van der Waals surface area (Å²) in [7, 11) is 1.70. The van der Waals surface area contributed by atoms with Crippen LogP contribution in [-0.4, -0.2) is 18.5 Å². The van der Waals surface area contributed by atoms with Gasteiger partial charge in [-0.15, -0.1) is 0 Å². The third-order valence-corrected chi connectivity index (χ3v) is 2.97. The summed E-state index contributed by atoms with van der Waals surface area (Å²) < 4.78 is 11.0. The maximum Gasteiger partial charge on any atom is 0.126 e. The minimum Gasteiger partial charge on any atom is -0.496 e. The van der Waals surface area contributed by atoms with Gasteiger partial charge < -0.3 is 9.47 Å². The van der Waals surface area contributed by atoms with Gasteiger partial charge in [0.2, 0.25) is 0 Å². The molecule has 0 aliphatic carbocycles. The summed E-state index contributed by atoms with van der Waals surface area (Å²) in [5.41, 5.74) is 2.35. The van der Waals surface area contributed by atoms with Crippen molar-refractivity contribution >= 4 is 15.9 Å². The number of alkyl halides is 1. The van der Waals surface area contributed by atoms with Crippen LogP contribution in [0.2, 0.25) is 0 Å². The fraction of sp³-hybridized carbons (Fsp3) is 0.455. The number of hydrogen-bond acceptors (Lipinski definition) is 2. The first-order chi connectivity index (χ1) is 6.70. The van der Waals surface area contributed by atoms with Gasteiger partial charge in [0.25, 0.3) is 0 Å². The van der Waals surface area contributed by atoms with Crippen LogP contribution in [-0.2, 0) is 6.42 Å². The van der Waals surface area contributed by atoms with E-state index in [0.717, 1.165) is 24.5 Å². The lowest BCUT2D eigenvalue weighted by Gasteiger charge is -2.23. The van der Waals surface area contributed by atoms with Crippen LogP contribution < -0.4 is 9.47 Å². The van der Waals surface area contributed by atoms with Crippen LogP contribution in [0.25, 0.3) is 0 Å². The smallest absolute Gasteiger partial charge is 0.126 e. The molecule has 2 nitrogen and oxygen atoms in total. The summed E-state index contributed by atoms with van der Waals surface area (Å²) in [5.74, 6) is 1.90. The molecule has 3 heteroatoms. The Morgan fingerprint density at radius 3 is 3.00 bits per heavy atom. The second-order valence-corrected chi connectivity index (χ2v) is 4.85. The Labute approximate surface area is 92.3 Å². The Kier molecular flexibility index (Phi) is 2.68. The summed E-state index contributed by atoms with van der Waals surface area (Å²) in [6.07, 6.45) is 0.971. The van der Waals surface area contributed by atoms with Crippen molar-refractivity contribution in [3.05, 3.63) is 23.3 Å². The normalized spacial score (nSPS) is 19.8. The van der Waals surface area contributed by atoms with E-state index in [1.807, 2.05) is 13.0 Å². The Morgan fingerprint density at radius 2 is 2.29 bits per heavy atom. The topological polar surface area (TPSA) is 18.5 Å². The predicted octanol–water partition coefficient (Wildman–Crippen LogP) is 2.70. The third-order valence-electron chi connectivity index (χ3n) is 2.38. The molecule has 1 aromatic rings. The highest BCUT2D eigenvalue weighted by Crippen LogP contribution is 2.35. The first kappa shape index (κ1) is 9.84. The van der Waals surface area contributed by atoms with Gasteiger partial charge in [0, 0.05) is 5.56 Å². The first-order valence-corrected chi connectivity index (χ1v) is 5.56. The lowest BCUT2D eigenvalue weighted by molar-refractivity contribution is 0.290. The molecule has 1 unspecified atom stereocenters. The molecular weight excluding hydrogens is 244 g/mol. The molecule has 0 saturated carbocycles. The zero-order valence-electron chi connectivity index (χ0n) is 8.34. The number of rotatable bonds is 1. The van der Waals surface area contributed by atoms with Crippen molar-refractivity contribution in [3.63, 3.8) is 0 Å². The fourth-order valence-electron chi connectivity index (χ4n) is 1.72. The Bertz CT molecular complexity index is 332. The van der Waals surface area contributed by atoms with Crippen molar-refractivity contribution in [2.75, 3.05) is 13.7 Å². The van der Waals surface area contributed by atoms with E-state index in [0.29, 0.717) is 4.83 Å². The molecule has 76 valence electrons. The monoisotopic (exact) mass is 256 g/mol. The molecule has 0 fully saturated rings. The van der Waals surface area contributed by atoms with Crippen LogP contribution in [0.4, 0.5) is 0 Å². The number of halogens is 1. The van der Waals surface area contributed by atoms with Crippen molar-refractivity contribution in [2.45, 2.75) is 18.2 Å². The predicted molar refractivity (Wildman–Crippen MR) is 59.6 cm³/mol. The molecule has 0 spiro atoms. The van der Waals surface area contributed by atoms with Gasteiger partial charge in [-0.25, -0.2) is 0 Å². The highest BCUT2D eigenvalue weighted by atomic mass is 79.9. The molecule has 1 atom stereocenters. The third kappa shape index (κ3) is 1.73. The van der Waals surface area contributed by atoms with E-state index in [2.05, 4.69) is 22.0 Å². The van der Waals surface area contributed by atoms with E-state index in [-0.39, 0.29) is 0 Å². The fourth-order valence-corrected chi connectivity index (χ4v) is 2.18. The molecule has 2 rings (SSSR count). The summed E-state index contributed by atoms with van der Waals surface area (Å²) in [6, 6.07) is 4.12. The highest BCUT2D eigenvalue weighted by Gasteiger charge is 2.21. The molecule has 0 saturated heterocycles. The molecule has 0 bridgehead atoms. The number of aryl methyl sites for hydroxylation is 1. The van der Waals surface area contributed by atoms with Crippen LogP contribution in [0, 0.1) is 6.92 Å². The molecule has 14 heavy (non-hydrogen) atoms. The van der Waals surface area contributed by atoms with Crippen LogP contribution in [0.15, 0.2) is 12.1 Å². The molecule has 0 amide bonds. The van der Waals surface area contributed by atoms with Gasteiger partial charge >= 0.3 is 0 Å². The quantitative estimate of drug-likeness (QED) is 0.720. The van der Waals surface area contributed by atoms with Crippen LogP contribution in [0.5, 0.6) is 11.5 Å². The molecule has 1 aliphatic rings. The number of benzene rings is 1. The average molecular weight is 257 g/mol. The van der Waals surface area contributed by atoms with Crippen molar-refractivity contribution in [1.82, 2.24) is 0 Å². The molecular formula is C11H13BrO2. The Balaban J connectivity index is 2.47. The van der Waals surface area contributed by atoms with Crippen LogP contribution in [0.3, 0.4) is 0 Å². The minimum atomic E-state index is 0.395. The van der Waals surface area contributed by atoms with Gasteiger partial charge in [0.05, 0.1) is 11.9 Å². The molecule has 1 aromatic carbocycles. The van der Waals surface area contributed by atoms with Gasteiger partial charge in [-0.05, 0) is 31.0 Å². The van der Waals surface area contributed by atoms with E-state index < -0.39 is 0 Å². The van der Waals surface area contributed by atoms with E-state index in [9.17, 15) is 0 Å². The lowest BCUT2D eigenvalue weighted by Crippen LogP contribution is -2.21. The summed E-state index contributed by atoms with van der Waals surface area (Å²) in [4.78, 5) is 0.395. The van der Waals surface area contributed by atoms with Crippen LogP contribution >= 0.6 is 15.9 Å². The lowest BCUT2D eigenvalue weighted by atomic mass is 10.0. The Hall–Kier alpha value is -0.700. The SMILES string of the molecule is COc1cc(C)cc2c1CC(Br)CO2. The summed E-state index contributed by atoms with van der Waals surface area (Å²) in [5, 5.41) is 0. The Morgan fingerprint density at radius 1 is 1.50 bits per heavy atom. The largest absolute Gasteiger partial charge is 0.496 e. The molecule has 0 radical (unpaired) electrons. The molecule has 0 N–H and O–H groups in total. The standard InChI is InChI=1S/C11H13BrO2/c1-7-3-10(13-2)9-5-8(12)6-14-11(9)4-7/h3-4,8H,5-6H2,1-2H3. The van der Waals surface area contributed by atoms with Crippen molar-refractivity contribution < 1.29 is 9.47 Å². The van der Waals surface area contributed by atoms with E-state index in [1.165, 1.54) is 11.1 Å². The van der Waals surface area contributed by atoms with Gasteiger partial charge in [0.15, 0.2) is 0 Å². The van der Waals surface area contributed by atoms with E-state index >= 15 is 0 Å². The van der Waals surface area contributed by atoms with Crippen molar-refractivity contribution in [2.24, 2.45) is 0 Å². The highest BCUT2D eigenvalue weighted by molar-refractivity contribution is 9.09. The summed E-state index contributed by atoms with van der Waals surface area (Å²) in [6.45, 7) is 2.78. The van der Waals surface area contributed by atoms with E-state index in [1.54, 1.807) is 7.11 Å². The molecule has 1 aliphatic heterocycles. The molecule has 1 heterocycles. The number of methoxy groups -OCH3 is 1. The van der Waals surface area contributed by atoms with Gasteiger partial charge in [-0.3, -0.25) is 0 Å². The van der Waals surface area contributed by atoms with Crippen molar-refractivity contribution in [3.8, 4) is 11.5 Å². The second-order valence-electron chi connectivity index (χ2n) is 3.56. The zero-order valence-corrected chi connectivity index (χ0v) is 9.93. The van der Waals surface area contributed by atoms with Gasteiger partial charge in [-0.2, -0.15) is 0 Å². The molecule has 0 aromatic heterocycles. The first-order valence-electron chi connectivity index (χ1n) is 4.65. The second kappa shape index (κ2) is 3.81. The van der Waals surface area contributed by atoms with E-state index in [4.69, 9.17) is 9.47 Å². The van der Waals surface area contributed by atoms with Crippen LogP contribution in [0.1, 0.15) is 11.1 Å². The zero-order chi connectivity index (χ0) is 10.1. The van der Waals surface area contributed by atoms with Gasteiger partial charge in [0.1, 0.15) is 18.1 Å².